The van der Waals surface area contributed by atoms with E-state index in [1.54, 1.807) is 0 Å². The smallest absolute Gasteiger partial charge is 0.0940 e. The Kier molecular flexibility index (Phi) is 5.92. The fraction of sp³-hybridized carbons (Fsp3) is 0.304. The molecule has 3 heteroatoms. The van der Waals surface area contributed by atoms with Gasteiger partial charge in [-0.3, -0.25) is 0 Å². The van der Waals surface area contributed by atoms with Crippen molar-refractivity contribution in [1.29, 1.82) is 0 Å². The van der Waals surface area contributed by atoms with Crippen molar-refractivity contribution >= 4 is 0 Å². The maximum Gasteiger partial charge on any atom is 0.0940 e. The Morgan fingerprint density at radius 3 is 2.04 bits per heavy atom. The van der Waals surface area contributed by atoms with Gasteiger partial charge in [-0.25, -0.2) is 0 Å². The number of aryl methyl sites for hydroxylation is 1. The molecule has 136 valence electrons. The summed E-state index contributed by atoms with van der Waals surface area (Å²) in [6, 6.07) is 24.9. The standard InChI is InChI=1S/C23H28N2O/c1-17-14-15-22(25(17)19(3)20-10-6-4-7-11-20)16-24-18(2)23(26)21-12-8-5-9-13-21/h4-15,18-19,23-24,26H,16H2,1-3H3/t18-,19+,23-/m0/s1. The third kappa shape index (κ3) is 4.06. The van der Waals surface area contributed by atoms with Gasteiger partial charge in [0.25, 0.3) is 0 Å². The monoisotopic (exact) mass is 348 g/mol. The molecule has 0 saturated carbocycles. The first-order valence-electron chi connectivity index (χ1n) is 9.26. The molecule has 3 rings (SSSR count). The Balaban J connectivity index is 1.71. The van der Waals surface area contributed by atoms with Crippen LogP contribution in [0.3, 0.4) is 0 Å². The van der Waals surface area contributed by atoms with Crippen LogP contribution >= 0.6 is 0 Å². The highest BCUT2D eigenvalue weighted by atomic mass is 16.3. The molecule has 1 heterocycles. The topological polar surface area (TPSA) is 37.2 Å². The summed E-state index contributed by atoms with van der Waals surface area (Å²) in [5.41, 5.74) is 4.71. The van der Waals surface area contributed by atoms with Gasteiger partial charge >= 0.3 is 0 Å². The molecule has 0 radical (unpaired) electrons. The van der Waals surface area contributed by atoms with Crippen molar-refractivity contribution < 1.29 is 5.11 Å². The maximum atomic E-state index is 10.6. The van der Waals surface area contributed by atoms with E-state index in [0.29, 0.717) is 0 Å². The minimum absolute atomic E-state index is 0.0342. The van der Waals surface area contributed by atoms with Gasteiger partial charge in [-0.1, -0.05) is 60.7 Å². The van der Waals surface area contributed by atoms with Crippen molar-refractivity contribution in [3.8, 4) is 0 Å². The van der Waals surface area contributed by atoms with E-state index < -0.39 is 6.10 Å². The summed E-state index contributed by atoms with van der Waals surface area (Å²) in [5.74, 6) is 0. The highest BCUT2D eigenvalue weighted by Crippen LogP contribution is 2.23. The maximum absolute atomic E-state index is 10.6. The highest BCUT2D eigenvalue weighted by molar-refractivity contribution is 5.25. The van der Waals surface area contributed by atoms with Gasteiger partial charge < -0.3 is 15.0 Å². The van der Waals surface area contributed by atoms with Gasteiger partial charge in [-0.15, -0.1) is 0 Å². The zero-order chi connectivity index (χ0) is 18.5. The summed E-state index contributed by atoms with van der Waals surface area (Å²) in [7, 11) is 0. The van der Waals surface area contributed by atoms with Crippen molar-refractivity contribution in [2.24, 2.45) is 0 Å². The van der Waals surface area contributed by atoms with Crippen LogP contribution in [-0.4, -0.2) is 15.7 Å². The van der Waals surface area contributed by atoms with E-state index in [1.165, 1.54) is 17.0 Å². The molecule has 3 nitrogen and oxygen atoms in total. The predicted molar refractivity (Wildman–Crippen MR) is 107 cm³/mol. The second kappa shape index (κ2) is 8.35. The van der Waals surface area contributed by atoms with Crippen molar-refractivity contribution in [2.75, 3.05) is 0 Å². The Hall–Kier alpha value is -2.36. The number of benzene rings is 2. The van der Waals surface area contributed by atoms with E-state index in [-0.39, 0.29) is 12.1 Å². The van der Waals surface area contributed by atoms with Crippen LogP contribution in [0.25, 0.3) is 0 Å². The molecule has 0 aliphatic carbocycles. The summed E-state index contributed by atoms with van der Waals surface area (Å²) in [4.78, 5) is 0. The summed E-state index contributed by atoms with van der Waals surface area (Å²) < 4.78 is 2.37. The zero-order valence-electron chi connectivity index (χ0n) is 15.8. The lowest BCUT2D eigenvalue weighted by molar-refractivity contribution is 0.135. The van der Waals surface area contributed by atoms with Crippen LogP contribution in [0.4, 0.5) is 0 Å². The lowest BCUT2D eigenvalue weighted by Crippen LogP contribution is -2.32. The average Bonchev–Trinajstić information content (AvgIpc) is 3.06. The molecule has 1 aromatic heterocycles. The lowest BCUT2D eigenvalue weighted by atomic mass is 10.0. The Bertz CT molecular complexity index is 811. The fourth-order valence-corrected chi connectivity index (χ4v) is 3.50. The number of aliphatic hydroxyl groups excluding tert-OH is 1. The van der Waals surface area contributed by atoms with Crippen LogP contribution in [0, 0.1) is 6.92 Å². The number of aliphatic hydroxyl groups is 1. The van der Waals surface area contributed by atoms with Gasteiger partial charge in [0.05, 0.1) is 12.1 Å². The van der Waals surface area contributed by atoms with Crippen molar-refractivity contribution in [1.82, 2.24) is 9.88 Å². The van der Waals surface area contributed by atoms with Gasteiger partial charge in [-0.05, 0) is 44.0 Å². The molecule has 0 bridgehead atoms. The number of nitrogens with one attached hydrogen (secondary N) is 1. The summed E-state index contributed by atoms with van der Waals surface area (Å²) in [5, 5.41) is 14.0. The van der Waals surface area contributed by atoms with Crippen LogP contribution in [0.5, 0.6) is 0 Å². The second-order valence-corrected chi connectivity index (χ2v) is 6.95. The number of hydrogen-bond donors (Lipinski definition) is 2. The molecule has 3 atom stereocenters. The Labute approximate surface area is 156 Å². The van der Waals surface area contributed by atoms with E-state index in [9.17, 15) is 5.11 Å². The van der Waals surface area contributed by atoms with Crippen molar-refractivity contribution in [3.63, 3.8) is 0 Å². The highest BCUT2D eigenvalue weighted by Gasteiger charge is 2.18. The number of rotatable bonds is 7. The molecule has 0 unspecified atom stereocenters. The van der Waals surface area contributed by atoms with E-state index in [1.807, 2.05) is 43.3 Å². The first-order valence-corrected chi connectivity index (χ1v) is 9.26. The third-order valence-electron chi connectivity index (χ3n) is 5.10. The van der Waals surface area contributed by atoms with Crippen molar-refractivity contribution in [3.05, 3.63) is 95.3 Å². The summed E-state index contributed by atoms with van der Waals surface area (Å²) in [6.45, 7) is 7.12. The second-order valence-electron chi connectivity index (χ2n) is 6.95. The predicted octanol–water partition coefficient (Wildman–Crippen LogP) is 4.62. The van der Waals surface area contributed by atoms with Crippen LogP contribution < -0.4 is 5.32 Å². The average molecular weight is 348 g/mol. The molecule has 0 saturated heterocycles. The minimum atomic E-state index is -0.521. The molecule has 0 amide bonds. The zero-order valence-corrected chi connectivity index (χ0v) is 15.8. The molecule has 26 heavy (non-hydrogen) atoms. The molecule has 0 spiro atoms. The fourth-order valence-electron chi connectivity index (χ4n) is 3.50. The van der Waals surface area contributed by atoms with Crippen molar-refractivity contribution in [2.45, 2.75) is 45.5 Å². The van der Waals surface area contributed by atoms with Crippen LogP contribution in [-0.2, 0) is 6.54 Å². The molecule has 0 aliphatic heterocycles. The molecule has 0 fully saturated rings. The molecular weight excluding hydrogens is 320 g/mol. The Morgan fingerprint density at radius 2 is 1.42 bits per heavy atom. The van der Waals surface area contributed by atoms with Gasteiger partial charge in [-0.2, -0.15) is 0 Å². The molecule has 2 N–H and O–H groups in total. The van der Waals surface area contributed by atoms with Crippen LogP contribution in [0.2, 0.25) is 0 Å². The SMILES string of the molecule is Cc1ccc(CN[C@@H](C)[C@H](O)c2ccccc2)n1[C@H](C)c1ccccc1. The minimum Gasteiger partial charge on any atom is -0.387 e. The van der Waals surface area contributed by atoms with E-state index in [4.69, 9.17) is 0 Å². The summed E-state index contributed by atoms with van der Waals surface area (Å²) in [6.07, 6.45) is -0.521. The first-order chi connectivity index (χ1) is 12.6. The number of aromatic nitrogens is 1. The number of nitrogens with zero attached hydrogens (tertiary/aromatic N) is 1. The largest absolute Gasteiger partial charge is 0.387 e. The molecule has 2 aromatic carbocycles. The quantitative estimate of drug-likeness (QED) is 0.654. The van der Waals surface area contributed by atoms with Crippen LogP contribution in [0.15, 0.2) is 72.8 Å². The molecular formula is C23H28N2O. The van der Waals surface area contributed by atoms with Crippen LogP contribution in [0.1, 0.15) is 48.5 Å². The summed E-state index contributed by atoms with van der Waals surface area (Å²) >= 11 is 0. The van der Waals surface area contributed by atoms with Gasteiger partial charge in [0, 0.05) is 24.0 Å². The van der Waals surface area contributed by atoms with E-state index >= 15 is 0 Å². The number of hydrogen-bond acceptors (Lipinski definition) is 2. The van der Waals surface area contributed by atoms with E-state index in [2.05, 4.69) is 60.1 Å². The molecule has 3 aromatic rings. The van der Waals surface area contributed by atoms with Gasteiger partial charge in [0.2, 0.25) is 0 Å². The molecule has 0 aliphatic rings. The normalized spacial score (nSPS) is 14.8. The lowest BCUT2D eigenvalue weighted by Gasteiger charge is -2.24. The first kappa shape index (κ1) is 18.4. The third-order valence-corrected chi connectivity index (χ3v) is 5.10. The Morgan fingerprint density at radius 1 is 0.846 bits per heavy atom. The van der Waals surface area contributed by atoms with Gasteiger partial charge in [0.1, 0.15) is 0 Å². The van der Waals surface area contributed by atoms with E-state index in [0.717, 1.165) is 12.1 Å². The van der Waals surface area contributed by atoms with Gasteiger partial charge in [0.15, 0.2) is 0 Å².